The minimum absolute atomic E-state index is 0.0363. The highest BCUT2D eigenvalue weighted by molar-refractivity contribution is 4.83. The van der Waals surface area contributed by atoms with Crippen LogP contribution in [0.4, 0.5) is 0 Å². The summed E-state index contributed by atoms with van der Waals surface area (Å²) >= 11 is 0. The maximum atomic E-state index is 9.97. The molecule has 1 aliphatic rings. The lowest BCUT2D eigenvalue weighted by molar-refractivity contribution is -0.0330. The van der Waals surface area contributed by atoms with E-state index in [0.29, 0.717) is 5.92 Å². The summed E-state index contributed by atoms with van der Waals surface area (Å²) in [4.78, 5) is 2.44. The lowest BCUT2D eigenvalue weighted by atomic mass is 9.83. The third kappa shape index (κ3) is 5.84. The van der Waals surface area contributed by atoms with E-state index >= 15 is 0 Å². The first-order valence-corrected chi connectivity index (χ1v) is 6.77. The van der Waals surface area contributed by atoms with Crippen molar-refractivity contribution in [2.75, 3.05) is 26.2 Å². The third-order valence-corrected chi connectivity index (χ3v) is 3.53. The quantitative estimate of drug-likeness (QED) is 0.822. The number of aliphatic hydroxyl groups is 1. The summed E-state index contributed by atoms with van der Waals surface area (Å²) in [6.45, 7) is 14.1. The van der Waals surface area contributed by atoms with Crippen molar-refractivity contribution in [2.24, 2.45) is 5.92 Å². The molecule has 17 heavy (non-hydrogen) atoms. The van der Waals surface area contributed by atoms with Gasteiger partial charge in [0.1, 0.15) is 0 Å². The van der Waals surface area contributed by atoms with Crippen LogP contribution in [0.15, 0.2) is 0 Å². The molecular weight excluding hydrogens is 214 g/mol. The Morgan fingerprint density at radius 1 is 1.12 bits per heavy atom. The minimum atomic E-state index is -0.520. The van der Waals surface area contributed by atoms with Crippen LogP contribution in [0.3, 0.4) is 0 Å². The molecule has 102 valence electrons. The van der Waals surface area contributed by atoms with Gasteiger partial charge in [0, 0.05) is 6.54 Å². The lowest BCUT2D eigenvalue weighted by Gasteiger charge is -2.38. The van der Waals surface area contributed by atoms with E-state index in [4.69, 9.17) is 4.74 Å². The van der Waals surface area contributed by atoms with E-state index in [2.05, 4.69) is 25.7 Å². The zero-order valence-corrected chi connectivity index (χ0v) is 12.1. The first-order valence-electron chi connectivity index (χ1n) is 6.77. The molecule has 0 radical (unpaired) electrons. The van der Waals surface area contributed by atoms with Crippen molar-refractivity contribution in [3.05, 3.63) is 0 Å². The zero-order chi connectivity index (χ0) is 13.1. The lowest BCUT2D eigenvalue weighted by Crippen LogP contribution is -2.43. The van der Waals surface area contributed by atoms with Gasteiger partial charge in [-0.15, -0.1) is 0 Å². The van der Waals surface area contributed by atoms with E-state index in [0.717, 1.165) is 39.1 Å². The molecule has 0 amide bonds. The maximum absolute atomic E-state index is 9.97. The molecule has 1 heterocycles. The molecule has 1 fully saturated rings. The van der Waals surface area contributed by atoms with E-state index < -0.39 is 5.60 Å². The average Bonchev–Trinajstić information content (AvgIpc) is 2.15. The Kier molecular flexibility index (Phi) is 4.99. The highest BCUT2D eigenvalue weighted by atomic mass is 16.5. The average molecular weight is 243 g/mol. The van der Waals surface area contributed by atoms with Gasteiger partial charge in [-0.05, 0) is 66.5 Å². The van der Waals surface area contributed by atoms with Crippen LogP contribution in [0.2, 0.25) is 0 Å². The van der Waals surface area contributed by atoms with Crippen molar-refractivity contribution >= 4 is 0 Å². The summed E-state index contributed by atoms with van der Waals surface area (Å²) in [5.74, 6) is 0.447. The Bertz CT molecular complexity index is 217. The summed E-state index contributed by atoms with van der Waals surface area (Å²) in [5.41, 5.74) is -0.556. The summed E-state index contributed by atoms with van der Waals surface area (Å²) in [6.07, 6.45) is 2.19. The van der Waals surface area contributed by atoms with Gasteiger partial charge >= 0.3 is 0 Å². The third-order valence-electron chi connectivity index (χ3n) is 3.53. The normalized spacial score (nSPS) is 20.8. The van der Waals surface area contributed by atoms with Crippen LogP contribution >= 0.6 is 0 Å². The van der Waals surface area contributed by atoms with Gasteiger partial charge in [0.25, 0.3) is 0 Å². The number of piperidine rings is 1. The summed E-state index contributed by atoms with van der Waals surface area (Å²) in [7, 11) is 0. The molecule has 1 aliphatic heterocycles. The largest absolute Gasteiger partial charge is 0.390 e. The van der Waals surface area contributed by atoms with Crippen LogP contribution in [0.1, 0.15) is 47.5 Å². The van der Waals surface area contributed by atoms with Gasteiger partial charge in [0.2, 0.25) is 0 Å². The van der Waals surface area contributed by atoms with E-state index in [1.165, 1.54) is 0 Å². The fraction of sp³-hybridized carbons (Fsp3) is 1.00. The SMILES string of the molecule is CC(C)(C)OCCN1CCC(C(C)(C)O)CC1. The van der Waals surface area contributed by atoms with E-state index in [1.54, 1.807) is 0 Å². The number of likely N-dealkylation sites (tertiary alicyclic amines) is 1. The smallest absolute Gasteiger partial charge is 0.0620 e. The molecular formula is C14H29NO2. The van der Waals surface area contributed by atoms with Gasteiger partial charge < -0.3 is 14.7 Å². The summed E-state index contributed by atoms with van der Waals surface area (Å²) < 4.78 is 5.74. The van der Waals surface area contributed by atoms with E-state index in [-0.39, 0.29) is 5.60 Å². The Morgan fingerprint density at radius 3 is 2.06 bits per heavy atom. The Labute approximate surface area is 106 Å². The van der Waals surface area contributed by atoms with Gasteiger partial charge in [-0.1, -0.05) is 0 Å². The van der Waals surface area contributed by atoms with Crippen LogP contribution in [-0.4, -0.2) is 47.4 Å². The predicted octanol–water partition coefficient (Wildman–Crippen LogP) is 2.28. The highest BCUT2D eigenvalue weighted by Gasteiger charge is 2.30. The second kappa shape index (κ2) is 5.68. The van der Waals surface area contributed by atoms with Crippen LogP contribution in [-0.2, 0) is 4.74 Å². The molecule has 0 aromatic heterocycles. The van der Waals surface area contributed by atoms with Crippen LogP contribution < -0.4 is 0 Å². The second-order valence-electron chi connectivity index (χ2n) is 6.73. The van der Waals surface area contributed by atoms with Crippen molar-refractivity contribution < 1.29 is 9.84 Å². The second-order valence-corrected chi connectivity index (χ2v) is 6.73. The molecule has 0 spiro atoms. The van der Waals surface area contributed by atoms with Gasteiger partial charge in [-0.3, -0.25) is 0 Å². The molecule has 0 aromatic carbocycles. The number of rotatable bonds is 4. The number of nitrogens with zero attached hydrogens (tertiary/aromatic N) is 1. The van der Waals surface area contributed by atoms with Crippen molar-refractivity contribution in [2.45, 2.75) is 58.7 Å². The molecule has 3 heteroatoms. The topological polar surface area (TPSA) is 32.7 Å². The highest BCUT2D eigenvalue weighted by Crippen LogP contribution is 2.27. The molecule has 0 aliphatic carbocycles. The maximum Gasteiger partial charge on any atom is 0.0620 e. The van der Waals surface area contributed by atoms with E-state index in [1.807, 2.05) is 13.8 Å². The van der Waals surface area contributed by atoms with Crippen LogP contribution in [0.5, 0.6) is 0 Å². The van der Waals surface area contributed by atoms with Gasteiger partial charge in [-0.2, -0.15) is 0 Å². The molecule has 1 N–H and O–H groups in total. The minimum Gasteiger partial charge on any atom is -0.390 e. The van der Waals surface area contributed by atoms with Gasteiger partial charge in [0.05, 0.1) is 17.8 Å². The molecule has 0 saturated carbocycles. The summed E-state index contributed by atoms with van der Waals surface area (Å²) in [6, 6.07) is 0. The Balaban J connectivity index is 2.20. The molecule has 1 rings (SSSR count). The number of ether oxygens (including phenoxy) is 1. The molecule has 1 saturated heterocycles. The van der Waals surface area contributed by atoms with Gasteiger partial charge in [0.15, 0.2) is 0 Å². The number of hydrogen-bond donors (Lipinski definition) is 1. The summed E-state index contributed by atoms with van der Waals surface area (Å²) in [5, 5.41) is 9.97. The van der Waals surface area contributed by atoms with Crippen molar-refractivity contribution in [1.29, 1.82) is 0 Å². The Hall–Kier alpha value is -0.120. The van der Waals surface area contributed by atoms with Crippen molar-refractivity contribution in [3.63, 3.8) is 0 Å². The predicted molar refractivity (Wildman–Crippen MR) is 71.2 cm³/mol. The molecule has 0 unspecified atom stereocenters. The molecule has 0 atom stereocenters. The Morgan fingerprint density at radius 2 is 1.65 bits per heavy atom. The first kappa shape index (κ1) is 14.9. The van der Waals surface area contributed by atoms with Crippen molar-refractivity contribution in [3.8, 4) is 0 Å². The van der Waals surface area contributed by atoms with Crippen LogP contribution in [0, 0.1) is 5.92 Å². The van der Waals surface area contributed by atoms with E-state index in [9.17, 15) is 5.11 Å². The zero-order valence-electron chi connectivity index (χ0n) is 12.1. The molecule has 0 bridgehead atoms. The standard InChI is InChI=1S/C14H29NO2/c1-13(2,3)17-11-10-15-8-6-12(7-9-15)14(4,5)16/h12,16H,6-11H2,1-5H3. The molecule has 3 nitrogen and oxygen atoms in total. The fourth-order valence-electron chi connectivity index (χ4n) is 2.34. The van der Waals surface area contributed by atoms with Gasteiger partial charge in [-0.25, -0.2) is 0 Å². The monoisotopic (exact) mass is 243 g/mol. The van der Waals surface area contributed by atoms with Crippen molar-refractivity contribution in [1.82, 2.24) is 4.90 Å². The first-order chi connectivity index (χ1) is 7.68. The van der Waals surface area contributed by atoms with Crippen LogP contribution in [0.25, 0.3) is 0 Å². The number of hydrogen-bond acceptors (Lipinski definition) is 3. The fourth-order valence-corrected chi connectivity index (χ4v) is 2.34. The molecule has 0 aromatic rings.